The third-order valence-corrected chi connectivity index (χ3v) is 7.56. The first-order valence-corrected chi connectivity index (χ1v) is 13.7. The highest BCUT2D eigenvalue weighted by Crippen LogP contribution is 2.43. The van der Waals surface area contributed by atoms with Gasteiger partial charge in [0.05, 0.1) is 37.4 Å². The summed E-state index contributed by atoms with van der Waals surface area (Å²) in [4.78, 5) is 33.9. The summed E-state index contributed by atoms with van der Waals surface area (Å²) in [5.74, 6) is 0.533. The van der Waals surface area contributed by atoms with Crippen LogP contribution in [-0.4, -0.2) is 66.7 Å². The van der Waals surface area contributed by atoms with E-state index in [2.05, 4.69) is 15.6 Å². The van der Waals surface area contributed by atoms with E-state index in [1.807, 2.05) is 47.4 Å². The summed E-state index contributed by atoms with van der Waals surface area (Å²) in [5, 5.41) is 6.66. The quantitative estimate of drug-likeness (QED) is 0.412. The van der Waals surface area contributed by atoms with Crippen LogP contribution < -0.4 is 21.1 Å². The van der Waals surface area contributed by atoms with Crippen molar-refractivity contribution in [2.24, 2.45) is 5.73 Å². The molecule has 38 heavy (non-hydrogen) atoms. The lowest BCUT2D eigenvalue weighted by Crippen LogP contribution is -2.53. The number of aromatic nitrogens is 1. The molecule has 2 amide bonds. The van der Waals surface area contributed by atoms with Crippen LogP contribution >= 0.6 is 0 Å². The van der Waals surface area contributed by atoms with Gasteiger partial charge >= 0.3 is 0 Å². The van der Waals surface area contributed by atoms with Crippen LogP contribution in [0.4, 0.5) is 0 Å². The molecule has 5 rings (SSSR count). The SMILES string of the molecule is NCCOCCOc1ccccc1[C@@H]1C2=C(CNC2=O)N[C@@H]2CCCC[C@H]2N1C(=O)CCc1ccccn1. The molecule has 0 bridgehead atoms. The molecule has 0 unspecified atom stereocenters. The fraction of sp³-hybridized carbons (Fsp3) is 0.483. The Bertz CT molecular complexity index is 1150. The summed E-state index contributed by atoms with van der Waals surface area (Å²) in [6.07, 6.45) is 6.61. The predicted molar refractivity (Wildman–Crippen MR) is 143 cm³/mol. The third kappa shape index (κ3) is 5.68. The van der Waals surface area contributed by atoms with E-state index < -0.39 is 6.04 Å². The molecule has 1 aliphatic carbocycles. The Kier molecular flexibility index (Phi) is 8.55. The number of nitrogens with one attached hydrogen (secondary N) is 2. The Morgan fingerprint density at radius 3 is 2.76 bits per heavy atom. The molecular weight excluding hydrogens is 482 g/mol. The summed E-state index contributed by atoms with van der Waals surface area (Å²) < 4.78 is 11.7. The molecule has 1 fully saturated rings. The Morgan fingerprint density at radius 2 is 1.92 bits per heavy atom. The van der Waals surface area contributed by atoms with E-state index in [0.29, 0.717) is 57.1 Å². The number of hydrogen-bond acceptors (Lipinski definition) is 7. The normalized spacial score (nSPS) is 22.7. The molecule has 1 aromatic heterocycles. The second kappa shape index (κ2) is 12.4. The van der Waals surface area contributed by atoms with Crippen molar-refractivity contribution >= 4 is 11.8 Å². The van der Waals surface area contributed by atoms with Gasteiger partial charge in [-0.05, 0) is 37.5 Å². The predicted octanol–water partition coefficient (Wildman–Crippen LogP) is 2.24. The minimum Gasteiger partial charge on any atom is -0.491 e. The van der Waals surface area contributed by atoms with Crippen molar-refractivity contribution in [1.29, 1.82) is 0 Å². The number of nitrogens with two attached hydrogens (primary N) is 1. The van der Waals surface area contributed by atoms with E-state index >= 15 is 0 Å². The van der Waals surface area contributed by atoms with Crippen molar-refractivity contribution in [3.05, 3.63) is 71.2 Å². The second-order valence-electron chi connectivity index (χ2n) is 9.99. The van der Waals surface area contributed by atoms with E-state index in [1.165, 1.54) is 0 Å². The van der Waals surface area contributed by atoms with Crippen molar-refractivity contribution in [2.45, 2.75) is 56.7 Å². The highest BCUT2D eigenvalue weighted by molar-refractivity contribution is 5.99. The van der Waals surface area contributed by atoms with Gasteiger partial charge in [-0.2, -0.15) is 0 Å². The molecule has 2 aromatic rings. The van der Waals surface area contributed by atoms with E-state index in [9.17, 15) is 9.59 Å². The van der Waals surface area contributed by atoms with E-state index in [4.69, 9.17) is 15.2 Å². The van der Waals surface area contributed by atoms with Gasteiger partial charge in [-0.25, -0.2) is 0 Å². The van der Waals surface area contributed by atoms with Gasteiger partial charge in [-0.15, -0.1) is 0 Å². The number of pyridine rings is 1. The molecule has 0 spiro atoms. The van der Waals surface area contributed by atoms with Crippen molar-refractivity contribution < 1.29 is 19.1 Å². The standard InChI is InChI=1S/C29H37N5O4/c30-14-16-37-17-18-38-25-11-4-1-8-21(25)28-27-23(19-32-29(27)36)33-22-9-2-3-10-24(22)34(28)26(35)13-12-20-7-5-6-15-31-20/h1,4-8,11,15,22,24,28,33H,2-3,9-10,12-14,16-19,30H2,(H,32,36)/t22-,24-,28-/m1/s1. The summed E-state index contributed by atoms with van der Waals surface area (Å²) in [7, 11) is 0. The molecule has 0 saturated heterocycles. The number of amides is 2. The molecule has 3 aliphatic rings. The number of carbonyl (C=O) groups is 2. The van der Waals surface area contributed by atoms with Crippen LogP contribution in [0.15, 0.2) is 59.9 Å². The molecule has 9 heteroatoms. The van der Waals surface area contributed by atoms with Crippen LogP contribution in [0.1, 0.15) is 49.4 Å². The first-order chi connectivity index (χ1) is 18.7. The zero-order valence-electron chi connectivity index (χ0n) is 21.7. The average molecular weight is 520 g/mol. The summed E-state index contributed by atoms with van der Waals surface area (Å²) in [5.41, 5.74) is 8.72. The van der Waals surface area contributed by atoms with E-state index in [0.717, 1.165) is 42.6 Å². The zero-order valence-corrected chi connectivity index (χ0v) is 21.7. The lowest BCUT2D eigenvalue weighted by atomic mass is 9.86. The number of fused-ring (bicyclic) bond motifs is 1. The van der Waals surface area contributed by atoms with Gasteiger partial charge in [0.2, 0.25) is 5.91 Å². The Labute approximate surface area is 223 Å². The van der Waals surface area contributed by atoms with Crippen LogP contribution in [0.5, 0.6) is 5.75 Å². The number of carbonyl (C=O) groups excluding carboxylic acids is 2. The number of ether oxygens (including phenoxy) is 2. The maximum absolute atomic E-state index is 14.1. The minimum atomic E-state index is -0.550. The molecule has 3 atom stereocenters. The summed E-state index contributed by atoms with van der Waals surface area (Å²) in [6, 6.07) is 13.0. The number of hydrogen-bond donors (Lipinski definition) is 3. The molecule has 2 aliphatic heterocycles. The number of benzene rings is 1. The molecule has 9 nitrogen and oxygen atoms in total. The molecule has 3 heterocycles. The van der Waals surface area contributed by atoms with Crippen LogP contribution in [-0.2, 0) is 20.7 Å². The zero-order chi connectivity index (χ0) is 26.3. The van der Waals surface area contributed by atoms with Crippen LogP contribution in [0, 0.1) is 0 Å². The first kappa shape index (κ1) is 26.2. The Balaban J connectivity index is 1.51. The van der Waals surface area contributed by atoms with Gasteiger partial charge in [0, 0.05) is 42.2 Å². The van der Waals surface area contributed by atoms with E-state index in [-0.39, 0.29) is 23.9 Å². The van der Waals surface area contributed by atoms with Crippen molar-refractivity contribution in [3.8, 4) is 5.75 Å². The fourth-order valence-electron chi connectivity index (χ4n) is 5.86. The van der Waals surface area contributed by atoms with Gasteiger partial charge in [-0.1, -0.05) is 37.1 Å². The first-order valence-electron chi connectivity index (χ1n) is 13.7. The molecular formula is C29H37N5O4. The van der Waals surface area contributed by atoms with Crippen molar-refractivity contribution in [3.63, 3.8) is 0 Å². The lowest BCUT2D eigenvalue weighted by Gasteiger charge is -2.43. The van der Waals surface area contributed by atoms with Gasteiger partial charge < -0.3 is 30.7 Å². The number of nitrogens with zero attached hydrogens (tertiary/aromatic N) is 2. The fourth-order valence-corrected chi connectivity index (χ4v) is 5.86. The Hall–Kier alpha value is -3.43. The summed E-state index contributed by atoms with van der Waals surface area (Å²) >= 11 is 0. The van der Waals surface area contributed by atoms with Crippen LogP contribution in [0.25, 0.3) is 0 Å². The lowest BCUT2D eigenvalue weighted by molar-refractivity contribution is -0.137. The molecule has 4 N–H and O–H groups in total. The van der Waals surface area contributed by atoms with Crippen LogP contribution in [0.2, 0.25) is 0 Å². The van der Waals surface area contributed by atoms with Crippen molar-refractivity contribution in [2.75, 3.05) is 32.9 Å². The highest BCUT2D eigenvalue weighted by atomic mass is 16.5. The molecule has 0 radical (unpaired) electrons. The molecule has 1 saturated carbocycles. The monoisotopic (exact) mass is 519 g/mol. The average Bonchev–Trinajstić information content (AvgIpc) is 3.23. The van der Waals surface area contributed by atoms with Gasteiger partial charge in [0.1, 0.15) is 12.4 Å². The maximum Gasteiger partial charge on any atom is 0.251 e. The minimum absolute atomic E-state index is 0.0221. The van der Waals surface area contributed by atoms with Crippen molar-refractivity contribution in [1.82, 2.24) is 20.5 Å². The van der Waals surface area contributed by atoms with Crippen LogP contribution in [0.3, 0.4) is 0 Å². The van der Waals surface area contributed by atoms with Gasteiger partial charge in [-0.3, -0.25) is 14.6 Å². The number of para-hydroxylation sites is 1. The van der Waals surface area contributed by atoms with E-state index in [1.54, 1.807) is 6.20 Å². The van der Waals surface area contributed by atoms with Gasteiger partial charge in [0.25, 0.3) is 5.91 Å². The third-order valence-electron chi connectivity index (χ3n) is 7.56. The second-order valence-corrected chi connectivity index (χ2v) is 9.99. The molecule has 202 valence electrons. The Morgan fingerprint density at radius 1 is 1.08 bits per heavy atom. The number of rotatable bonds is 10. The highest BCUT2D eigenvalue weighted by Gasteiger charge is 2.46. The smallest absolute Gasteiger partial charge is 0.251 e. The molecule has 1 aromatic carbocycles. The topological polar surface area (TPSA) is 119 Å². The van der Waals surface area contributed by atoms with Gasteiger partial charge in [0.15, 0.2) is 0 Å². The maximum atomic E-state index is 14.1. The largest absolute Gasteiger partial charge is 0.491 e. The number of aryl methyl sites for hydroxylation is 1. The summed E-state index contributed by atoms with van der Waals surface area (Å²) in [6.45, 7) is 2.12.